The number of aryl methyl sites for hydroxylation is 1. The van der Waals surface area contributed by atoms with Crippen molar-refractivity contribution in [1.82, 2.24) is 0 Å². The van der Waals surface area contributed by atoms with Crippen LogP contribution in [0.3, 0.4) is 0 Å². The van der Waals surface area contributed by atoms with Crippen LogP contribution in [0.25, 0.3) is 0 Å². The smallest absolute Gasteiger partial charge is 0.475 e. The highest BCUT2D eigenvalue weighted by Crippen LogP contribution is 2.56. The molecule has 0 spiro atoms. The van der Waals surface area contributed by atoms with Crippen molar-refractivity contribution in [3.63, 3.8) is 0 Å². The molecule has 1 heterocycles. The van der Waals surface area contributed by atoms with Crippen molar-refractivity contribution in [2.24, 2.45) is 16.8 Å². The van der Waals surface area contributed by atoms with Gasteiger partial charge in [0.15, 0.2) is 5.90 Å². The van der Waals surface area contributed by atoms with E-state index in [0.29, 0.717) is 36.1 Å². The third kappa shape index (κ3) is 13.9. The first kappa shape index (κ1) is 37.6. The minimum Gasteiger partial charge on any atom is -0.493 e. The molecule has 2 atom stereocenters. The Hall–Kier alpha value is -1.61. The second kappa shape index (κ2) is 15.1. The molecular formula is C32H53F3NO6P. The van der Waals surface area contributed by atoms with Gasteiger partial charge in [-0.25, -0.2) is 9.56 Å². The van der Waals surface area contributed by atoms with E-state index in [0.717, 1.165) is 25.3 Å². The van der Waals surface area contributed by atoms with Gasteiger partial charge in [-0.3, -0.25) is 13.6 Å². The van der Waals surface area contributed by atoms with Crippen LogP contribution >= 0.6 is 7.82 Å². The molecule has 0 radical (unpaired) electrons. The van der Waals surface area contributed by atoms with Crippen LogP contribution in [0, 0.1) is 11.8 Å². The Kier molecular flexibility index (Phi) is 13.2. The monoisotopic (exact) mass is 635 g/mol. The summed E-state index contributed by atoms with van der Waals surface area (Å²) in [6, 6.07) is 4.18. The molecule has 2 rings (SSSR count). The van der Waals surface area contributed by atoms with E-state index in [-0.39, 0.29) is 32.0 Å². The molecule has 7 nitrogen and oxygen atoms in total. The normalized spacial score (nSPS) is 19.0. The quantitative estimate of drug-likeness (QED) is 0.168. The number of benzene rings is 1. The zero-order valence-corrected chi connectivity index (χ0v) is 28.6. The number of nitrogens with zero attached hydrogens (tertiary/aromatic N) is 1. The Morgan fingerprint density at radius 3 is 2.14 bits per heavy atom. The molecule has 0 saturated carbocycles. The van der Waals surface area contributed by atoms with Crippen LogP contribution in [0.5, 0.6) is 5.75 Å². The van der Waals surface area contributed by atoms with Gasteiger partial charge in [-0.1, -0.05) is 46.1 Å². The average molecular weight is 636 g/mol. The van der Waals surface area contributed by atoms with Crippen molar-refractivity contribution in [3.8, 4) is 5.75 Å². The molecule has 1 aliphatic rings. The van der Waals surface area contributed by atoms with Gasteiger partial charge in [-0.05, 0) is 90.3 Å². The van der Waals surface area contributed by atoms with E-state index in [4.69, 9.17) is 23.0 Å². The van der Waals surface area contributed by atoms with Gasteiger partial charge in [0, 0.05) is 6.92 Å². The first-order valence-electron chi connectivity index (χ1n) is 15.3. The second-order valence-corrected chi connectivity index (χ2v) is 15.7. The van der Waals surface area contributed by atoms with Crippen LogP contribution in [0.1, 0.15) is 112 Å². The topological polar surface area (TPSA) is 75.6 Å². The maximum Gasteiger partial charge on any atom is 0.475 e. The largest absolute Gasteiger partial charge is 0.493 e. The number of alkyl halides is 3. The van der Waals surface area contributed by atoms with Gasteiger partial charge in [0.05, 0.1) is 30.0 Å². The Morgan fingerprint density at radius 1 is 1.00 bits per heavy atom. The van der Waals surface area contributed by atoms with Gasteiger partial charge in [-0.2, -0.15) is 13.2 Å². The number of phosphoric ester groups is 1. The number of phosphoric acid groups is 1. The van der Waals surface area contributed by atoms with E-state index in [9.17, 15) is 17.7 Å². The highest BCUT2D eigenvalue weighted by atomic mass is 31.2. The van der Waals surface area contributed by atoms with Gasteiger partial charge in [0.1, 0.15) is 17.9 Å². The minimum absolute atomic E-state index is 0.131. The fraction of sp³-hybridized carbons (Fsp3) is 0.781. The molecular weight excluding hydrogens is 582 g/mol. The van der Waals surface area contributed by atoms with Crippen LogP contribution in [-0.2, 0) is 35.5 Å². The summed E-state index contributed by atoms with van der Waals surface area (Å²) in [5.41, 5.74) is -2.93. The highest BCUT2D eigenvalue weighted by molar-refractivity contribution is 7.48. The van der Waals surface area contributed by atoms with Crippen molar-refractivity contribution in [3.05, 3.63) is 29.3 Å². The van der Waals surface area contributed by atoms with E-state index < -0.39 is 36.3 Å². The summed E-state index contributed by atoms with van der Waals surface area (Å²) < 4.78 is 84.3. The maximum atomic E-state index is 14.0. The maximum absolute atomic E-state index is 14.0. The van der Waals surface area contributed by atoms with Crippen LogP contribution in [0.15, 0.2) is 23.2 Å². The molecule has 1 unspecified atom stereocenters. The summed E-state index contributed by atoms with van der Waals surface area (Å²) >= 11 is 0. The van der Waals surface area contributed by atoms with Gasteiger partial charge < -0.3 is 9.47 Å². The molecule has 11 heteroatoms. The molecule has 1 aliphatic heterocycles. The van der Waals surface area contributed by atoms with E-state index in [2.05, 4.69) is 25.8 Å². The van der Waals surface area contributed by atoms with E-state index in [1.54, 1.807) is 54.5 Å². The fourth-order valence-corrected chi connectivity index (χ4v) is 6.58. The Labute approximate surface area is 256 Å². The zero-order chi connectivity index (χ0) is 32.7. The lowest BCUT2D eigenvalue weighted by Crippen LogP contribution is -2.36. The molecule has 0 N–H and O–H groups in total. The van der Waals surface area contributed by atoms with Crippen molar-refractivity contribution in [1.29, 1.82) is 0 Å². The Balaban J connectivity index is 2.14. The van der Waals surface area contributed by atoms with Crippen molar-refractivity contribution in [2.45, 2.75) is 131 Å². The van der Waals surface area contributed by atoms with Gasteiger partial charge in [0.25, 0.3) is 0 Å². The van der Waals surface area contributed by atoms with Gasteiger partial charge in [0.2, 0.25) is 0 Å². The SMILES string of the molecule is CC1=NC(CCc2ccc(OCC[C@@H](C)CCCC(C)C)c(C(F)(F)F)c2)(COP(=O)(OC(C)(C)C)OC(C)(C)C)CO1. The lowest BCUT2D eigenvalue weighted by molar-refractivity contribution is -0.139. The predicted molar refractivity (Wildman–Crippen MR) is 165 cm³/mol. The number of halogens is 3. The zero-order valence-electron chi connectivity index (χ0n) is 27.7. The molecule has 43 heavy (non-hydrogen) atoms. The summed E-state index contributed by atoms with van der Waals surface area (Å²) in [4.78, 5) is 4.60. The summed E-state index contributed by atoms with van der Waals surface area (Å²) in [6.45, 7) is 18.8. The molecule has 1 aromatic carbocycles. The van der Waals surface area contributed by atoms with Crippen molar-refractivity contribution in [2.75, 3.05) is 19.8 Å². The standard InChI is InChI=1S/C32H53F3NO6P/c1-23(2)12-11-13-24(3)17-19-38-28-15-14-26(20-27(28)32(33,34)35)16-18-31(21-39-25(4)36-31)22-40-43(37,41-29(5,6)7)42-30(8,9)10/h14-15,20,23-24H,11-13,16-19,21-22H2,1-10H3/t24-,31?/m0/s1. The molecule has 0 fully saturated rings. The predicted octanol–water partition coefficient (Wildman–Crippen LogP) is 9.81. The number of aliphatic imine (C=N–C) groups is 1. The van der Waals surface area contributed by atoms with Crippen LogP contribution < -0.4 is 4.74 Å². The first-order chi connectivity index (χ1) is 19.6. The Bertz CT molecular complexity index is 1090. The summed E-state index contributed by atoms with van der Waals surface area (Å²) in [6.07, 6.45) is -0.0492. The molecule has 0 amide bonds. The summed E-state index contributed by atoms with van der Waals surface area (Å²) in [7, 11) is -4.03. The third-order valence-electron chi connectivity index (χ3n) is 6.78. The molecule has 248 valence electrons. The number of rotatable bonds is 16. The fourth-order valence-electron chi connectivity index (χ4n) is 4.70. The van der Waals surface area contributed by atoms with E-state index in [1.807, 2.05) is 0 Å². The number of hydrogen-bond donors (Lipinski definition) is 0. The average Bonchev–Trinajstić information content (AvgIpc) is 3.20. The van der Waals surface area contributed by atoms with Gasteiger partial charge >= 0.3 is 14.0 Å². The van der Waals surface area contributed by atoms with Crippen LogP contribution in [0.4, 0.5) is 13.2 Å². The lowest BCUT2D eigenvalue weighted by Gasteiger charge is -2.33. The van der Waals surface area contributed by atoms with Gasteiger partial charge in [-0.15, -0.1) is 0 Å². The van der Waals surface area contributed by atoms with E-state index >= 15 is 0 Å². The first-order valence-corrected chi connectivity index (χ1v) is 16.7. The van der Waals surface area contributed by atoms with Crippen molar-refractivity contribution < 1.29 is 40.8 Å². The van der Waals surface area contributed by atoms with E-state index in [1.165, 1.54) is 6.07 Å². The Morgan fingerprint density at radius 2 is 1.63 bits per heavy atom. The summed E-state index contributed by atoms with van der Waals surface area (Å²) in [5.74, 6) is 1.27. The molecule has 0 aliphatic carbocycles. The second-order valence-electron chi connectivity index (χ2n) is 14.2. The summed E-state index contributed by atoms with van der Waals surface area (Å²) in [5, 5.41) is 0. The molecule has 1 aromatic rings. The molecule has 0 bridgehead atoms. The third-order valence-corrected chi connectivity index (χ3v) is 8.77. The van der Waals surface area contributed by atoms with Crippen LogP contribution in [0.2, 0.25) is 0 Å². The van der Waals surface area contributed by atoms with Crippen LogP contribution in [-0.4, -0.2) is 42.5 Å². The molecule has 0 saturated heterocycles. The lowest BCUT2D eigenvalue weighted by atomic mass is 9.93. The number of hydrogen-bond acceptors (Lipinski definition) is 7. The highest BCUT2D eigenvalue weighted by Gasteiger charge is 2.43. The molecule has 0 aromatic heterocycles. The van der Waals surface area contributed by atoms with Crippen molar-refractivity contribution >= 4 is 13.7 Å². The minimum atomic E-state index is -4.57. The number of ether oxygens (including phenoxy) is 2.